The molecule has 0 aliphatic rings. The molecule has 1 heterocycles. The van der Waals surface area contributed by atoms with E-state index in [0.717, 1.165) is 22.6 Å². The smallest absolute Gasteiger partial charge is 0.153 e. The number of imidazole rings is 1. The molecular formula is C18H20N2O. The molecule has 0 spiro atoms. The highest BCUT2D eigenvalue weighted by Crippen LogP contribution is 2.24. The summed E-state index contributed by atoms with van der Waals surface area (Å²) < 4.78 is 5.98. The quantitative estimate of drug-likeness (QED) is 0.759. The van der Waals surface area contributed by atoms with Crippen molar-refractivity contribution in [3.63, 3.8) is 0 Å². The molecule has 3 heteroatoms. The third-order valence-corrected chi connectivity index (χ3v) is 3.80. The van der Waals surface area contributed by atoms with Gasteiger partial charge in [0.2, 0.25) is 0 Å². The molecule has 0 saturated heterocycles. The minimum absolute atomic E-state index is 0.111. The number of aromatic amines is 1. The monoisotopic (exact) mass is 280 g/mol. The zero-order chi connectivity index (χ0) is 15.0. The zero-order valence-corrected chi connectivity index (χ0v) is 12.9. The Morgan fingerprint density at radius 1 is 1.05 bits per heavy atom. The Morgan fingerprint density at radius 3 is 2.57 bits per heavy atom. The van der Waals surface area contributed by atoms with Crippen LogP contribution in [0.15, 0.2) is 36.4 Å². The largest absolute Gasteiger partial charge is 0.483 e. The maximum atomic E-state index is 5.98. The van der Waals surface area contributed by atoms with Crippen LogP contribution < -0.4 is 4.74 Å². The third kappa shape index (κ3) is 2.77. The number of nitrogens with zero attached hydrogens (tertiary/aromatic N) is 1. The molecular weight excluding hydrogens is 260 g/mol. The van der Waals surface area contributed by atoms with Gasteiger partial charge in [0.15, 0.2) is 6.10 Å². The van der Waals surface area contributed by atoms with Crippen LogP contribution in [-0.4, -0.2) is 9.97 Å². The second-order valence-electron chi connectivity index (χ2n) is 5.65. The Balaban J connectivity index is 1.89. The predicted molar refractivity (Wildman–Crippen MR) is 85.8 cm³/mol. The van der Waals surface area contributed by atoms with Gasteiger partial charge in [0.05, 0.1) is 11.0 Å². The number of ether oxygens (including phenoxy) is 1. The lowest BCUT2D eigenvalue weighted by molar-refractivity contribution is 0.218. The van der Waals surface area contributed by atoms with Gasteiger partial charge in [-0.25, -0.2) is 4.98 Å². The number of nitrogens with one attached hydrogen (secondary N) is 1. The first kappa shape index (κ1) is 13.7. The normalized spacial score (nSPS) is 12.6. The molecule has 3 nitrogen and oxygen atoms in total. The first-order valence-electron chi connectivity index (χ1n) is 7.23. The Hall–Kier alpha value is -2.29. The van der Waals surface area contributed by atoms with Gasteiger partial charge in [-0.3, -0.25) is 0 Å². The molecule has 0 aliphatic heterocycles. The van der Waals surface area contributed by atoms with Gasteiger partial charge in [-0.1, -0.05) is 12.1 Å². The molecule has 0 saturated carbocycles. The van der Waals surface area contributed by atoms with Crippen LogP contribution in [0.3, 0.4) is 0 Å². The number of H-pyrrole nitrogens is 1. The van der Waals surface area contributed by atoms with Gasteiger partial charge in [-0.2, -0.15) is 0 Å². The van der Waals surface area contributed by atoms with E-state index in [2.05, 4.69) is 48.9 Å². The summed E-state index contributed by atoms with van der Waals surface area (Å²) in [5.74, 6) is 1.73. The van der Waals surface area contributed by atoms with Crippen molar-refractivity contribution in [3.05, 3.63) is 58.9 Å². The molecule has 108 valence electrons. The Labute approximate surface area is 125 Å². The summed E-state index contributed by atoms with van der Waals surface area (Å²) in [6.07, 6.45) is -0.111. The molecule has 1 N–H and O–H groups in total. The number of aromatic nitrogens is 2. The van der Waals surface area contributed by atoms with Crippen molar-refractivity contribution < 1.29 is 4.74 Å². The minimum atomic E-state index is -0.111. The highest BCUT2D eigenvalue weighted by atomic mass is 16.5. The number of aryl methyl sites for hydroxylation is 3. The predicted octanol–water partition coefficient (Wildman–Crippen LogP) is 4.63. The molecule has 1 unspecified atom stereocenters. The van der Waals surface area contributed by atoms with E-state index in [1.165, 1.54) is 16.7 Å². The fourth-order valence-electron chi connectivity index (χ4n) is 2.43. The lowest BCUT2D eigenvalue weighted by Gasteiger charge is -2.12. The van der Waals surface area contributed by atoms with Crippen molar-refractivity contribution in [3.8, 4) is 5.75 Å². The second kappa shape index (κ2) is 5.24. The average Bonchev–Trinajstić information content (AvgIpc) is 2.82. The molecule has 0 radical (unpaired) electrons. The minimum Gasteiger partial charge on any atom is -0.483 e. The number of hydrogen-bond acceptors (Lipinski definition) is 2. The molecule has 21 heavy (non-hydrogen) atoms. The second-order valence-corrected chi connectivity index (χ2v) is 5.65. The van der Waals surface area contributed by atoms with Gasteiger partial charge in [0, 0.05) is 0 Å². The van der Waals surface area contributed by atoms with Crippen LogP contribution in [0.1, 0.15) is 35.5 Å². The van der Waals surface area contributed by atoms with Crippen molar-refractivity contribution in [1.29, 1.82) is 0 Å². The SMILES string of the molecule is Cc1cccc(OC(C)c2nc3cc(C)c(C)cc3[nH]2)c1. The number of benzene rings is 2. The van der Waals surface area contributed by atoms with Gasteiger partial charge in [0.25, 0.3) is 0 Å². The molecule has 0 bridgehead atoms. The van der Waals surface area contributed by atoms with E-state index in [4.69, 9.17) is 4.74 Å². The van der Waals surface area contributed by atoms with Crippen molar-refractivity contribution in [1.82, 2.24) is 9.97 Å². The molecule has 3 aromatic rings. The van der Waals surface area contributed by atoms with Gasteiger partial charge < -0.3 is 9.72 Å². The molecule has 0 amide bonds. The highest BCUT2D eigenvalue weighted by molar-refractivity contribution is 5.77. The lowest BCUT2D eigenvalue weighted by Crippen LogP contribution is -2.05. The van der Waals surface area contributed by atoms with Gasteiger partial charge >= 0.3 is 0 Å². The summed E-state index contributed by atoms with van der Waals surface area (Å²) in [4.78, 5) is 8.01. The Kier molecular flexibility index (Phi) is 3.42. The van der Waals surface area contributed by atoms with E-state index in [9.17, 15) is 0 Å². The van der Waals surface area contributed by atoms with E-state index in [1.807, 2.05) is 25.1 Å². The van der Waals surface area contributed by atoms with Crippen LogP contribution in [0.4, 0.5) is 0 Å². The van der Waals surface area contributed by atoms with Crippen LogP contribution in [0.5, 0.6) is 5.75 Å². The summed E-state index contributed by atoms with van der Waals surface area (Å²) in [6, 6.07) is 12.3. The van der Waals surface area contributed by atoms with E-state index < -0.39 is 0 Å². The molecule has 1 atom stereocenters. The fraction of sp³-hybridized carbons (Fsp3) is 0.278. The topological polar surface area (TPSA) is 37.9 Å². The first-order valence-corrected chi connectivity index (χ1v) is 7.23. The van der Waals surface area contributed by atoms with Crippen molar-refractivity contribution >= 4 is 11.0 Å². The van der Waals surface area contributed by atoms with Gasteiger partial charge in [0.1, 0.15) is 11.6 Å². The van der Waals surface area contributed by atoms with E-state index in [1.54, 1.807) is 0 Å². The van der Waals surface area contributed by atoms with Crippen molar-refractivity contribution in [2.24, 2.45) is 0 Å². The Morgan fingerprint density at radius 2 is 1.81 bits per heavy atom. The van der Waals surface area contributed by atoms with Gasteiger partial charge in [-0.05, 0) is 68.7 Å². The lowest BCUT2D eigenvalue weighted by atomic mass is 10.1. The van der Waals surface area contributed by atoms with Crippen LogP contribution >= 0.6 is 0 Å². The molecule has 1 aromatic heterocycles. The maximum Gasteiger partial charge on any atom is 0.153 e. The molecule has 0 aliphatic carbocycles. The highest BCUT2D eigenvalue weighted by Gasteiger charge is 2.13. The first-order chi connectivity index (χ1) is 10.0. The molecule has 2 aromatic carbocycles. The fourth-order valence-corrected chi connectivity index (χ4v) is 2.43. The summed E-state index contributed by atoms with van der Waals surface area (Å²) in [6.45, 7) is 8.29. The van der Waals surface area contributed by atoms with E-state index >= 15 is 0 Å². The summed E-state index contributed by atoms with van der Waals surface area (Å²) in [5.41, 5.74) is 5.77. The average molecular weight is 280 g/mol. The standard InChI is InChI=1S/C18H20N2O/c1-11-6-5-7-15(8-11)21-14(4)18-19-16-9-12(2)13(3)10-17(16)20-18/h5-10,14H,1-4H3,(H,19,20). The summed E-state index contributed by atoms with van der Waals surface area (Å²) in [5, 5.41) is 0. The zero-order valence-electron chi connectivity index (χ0n) is 12.9. The maximum absolute atomic E-state index is 5.98. The van der Waals surface area contributed by atoms with Crippen molar-refractivity contribution in [2.75, 3.05) is 0 Å². The van der Waals surface area contributed by atoms with E-state index in [0.29, 0.717) is 0 Å². The number of hydrogen-bond donors (Lipinski definition) is 1. The Bertz CT molecular complexity index is 750. The van der Waals surface area contributed by atoms with Crippen LogP contribution in [-0.2, 0) is 0 Å². The van der Waals surface area contributed by atoms with Crippen molar-refractivity contribution in [2.45, 2.75) is 33.8 Å². The van der Waals surface area contributed by atoms with Crippen LogP contribution in [0.25, 0.3) is 11.0 Å². The van der Waals surface area contributed by atoms with Gasteiger partial charge in [-0.15, -0.1) is 0 Å². The van der Waals surface area contributed by atoms with Crippen LogP contribution in [0, 0.1) is 20.8 Å². The summed E-state index contributed by atoms with van der Waals surface area (Å²) in [7, 11) is 0. The molecule has 3 rings (SSSR count). The van der Waals surface area contributed by atoms with E-state index in [-0.39, 0.29) is 6.10 Å². The number of fused-ring (bicyclic) bond motifs is 1. The third-order valence-electron chi connectivity index (χ3n) is 3.80. The number of rotatable bonds is 3. The molecule has 0 fully saturated rings. The summed E-state index contributed by atoms with van der Waals surface area (Å²) >= 11 is 0. The van der Waals surface area contributed by atoms with Crippen LogP contribution in [0.2, 0.25) is 0 Å².